The molecule has 0 aliphatic carbocycles. The van der Waals surface area contributed by atoms with Gasteiger partial charge in [0, 0.05) is 22.3 Å². The fraction of sp³-hybridized carbons (Fsp3) is 0.212. The third kappa shape index (κ3) is 8.50. The molecule has 0 aliphatic heterocycles. The average Bonchev–Trinajstić information content (AvgIpc) is 2.90. The summed E-state index contributed by atoms with van der Waals surface area (Å²) in [5, 5.41) is 0. The van der Waals surface area contributed by atoms with E-state index in [0.29, 0.717) is 17.5 Å². The molecule has 8 heteroatoms. The van der Waals surface area contributed by atoms with Gasteiger partial charge in [-0.1, -0.05) is 45.4 Å². The van der Waals surface area contributed by atoms with Gasteiger partial charge in [0.05, 0.1) is 0 Å². The van der Waals surface area contributed by atoms with Crippen LogP contribution in [0.2, 0.25) is 0 Å². The first kappa shape index (κ1) is 32.2. The van der Waals surface area contributed by atoms with Crippen LogP contribution >= 0.6 is 0 Å². The number of benzene rings is 2. The maximum absolute atomic E-state index is 12.3. The Morgan fingerprint density at radius 3 is 1.20 bits per heavy atom. The second-order valence-electron chi connectivity index (χ2n) is 9.46. The Morgan fingerprint density at radius 2 is 0.854 bits per heavy atom. The van der Waals surface area contributed by atoms with Crippen molar-refractivity contribution in [3.8, 4) is 23.0 Å². The fourth-order valence-electron chi connectivity index (χ4n) is 3.37. The van der Waals surface area contributed by atoms with Crippen LogP contribution in [-0.4, -0.2) is 23.9 Å². The SMILES string of the molecule is C=C(C)C(=O)Oc1ccc(C(C)=C(CC)c2ccc(OC(=O)C(=C)C)c(OC(=O)C(=C)C)c2)cc1OC(=O)C(=C)C. The Bertz CT molecular complexity index is 1500. The van der Waals surface area contributed by atoms with Crippen LogP contribution in [0.25, 0.3) is 11.1 Å². The van der Waals surface area contributed by atoms with E-state index in [1.807, 2.05) is 13.8 Å². The number of hydrogen-bond donors (Lipinski definition) is 0. The van der Waals surface area contributed by atoms with Gasteiger partial charge in [0.2, 0.25) is 0 Å². The molecule has 0 radical (unpaired) electrons. The molecule has 0 aliphatic rings. The van der Waals surface area contributed by atoms with Crippen LogP contribution < -0.4 is 18.9 Å². The molecule has 0 saturated carbocycles. The molecular formula is C33H34O8. The van der Waals surface area contributed by atoms with Crippen molar-refractivity contribution in [1.29, 1.82) is 0 Å². The van der Waals surface area contributed by atoms with Crippen molar-refractivity contribution in [2.75, 3.05) is 0 Å². The highest BCUT2D eigenvalue weighted by Gasteiger charge is 2.20. The number of hydrogen-bond acceptors (Lipinski definition) is 8. The van der Waals surface area contributed by atoms with Crippen molar-refractivity contribution in [1.82, 2.24) is 0 Å². The van der Waals surface area contributed by atoms with E-state index in [0.717, 1.165) is 11.1 Å². The second-order valence-corrected chi connectivity index (χ2v) is 9.46. The summed E-state index contributed by atoms with van der Waals surface area (Å²) >= 11 is 0. The van der Waals surface area contributed by atoms with Gasteiger partial charge in [-0.25, -0.2) is 19.2 Å². The molecule has 0 unspecified atom stereocenters. The van der Waals surface area contributed by atoms with E-state index in [-0.39, 0.29) is 45.3 Å². The highest BCUT2D eigenvalue weighted by Crippen LogP contribution is 2.38. The summed E-state index contributed by atoms with van der Waals surface area (Å²) in [4.78, 5) is 49.0. The van der Waals surface area contributed by atoms with Crippen molar-refractivity contribution in [2.24, 2.45) is 0 Å². The van der Waals surface area contributed by atoms with Gasteiger partial charge in [0.15, 0.2) is 23.0 Å². The number of rotatable bonds is 11. The molecule has 0 heterocycles. The maximum atomic E-state index is 12.3. The summed E-state index contributed by atoms with van der Waals surface area (Å²) in [5.41, 5.74) is 3.68. The van der Waals surface area contributed by atoms with Crippen molar-refractivity contribution in [2.45, 2.75) is 48.0 Å². The largest absolute Gasteiger partial charge is 0.419 e. The molecule has 0 N–H and O–H groups in total. The summed E-state index contributed by atoms with van der Waals surface area (Å²) in [6, 6.07) is 9.67. The molecule has 0 spiro atoms. The van der Waals surface area contributed by atoms with E-state index in [4.69, 9.17) is 18.9 Å². The van der Waals surface area contributed by atoms with Crippen molar-refractivity contribution < 1.29 is 38.1 Å². The van der Waals surface area contributed by atoms with Gasteiger partial charge in [-0.3, -0.25) is 0 Å². The first-order valence-corrected chi connectivity index (χ1v) is 12.7. The molecule has 2 aromatic rings. The smallest absolute Gasteiger partial charge is 0.338 e. The first-order chi connectivity index (χ1) is 19.2. The molecule has 214 valence electrons. The van der Waals surface area contributed by atoms with Gasteiger partial charge in [0.25, 0.3) is 0 Å². The number of esters is 4. The third-order valence-corrected chi connectivity index (χ3v) is 5.68. The lowest BCUT2D eigenvalue weighted by Gasteiger charge is -2.17. The lowest BCUT2D eigenvalue weighted by Crippen LogP contribution is -2.13. The van der Waals surface area contributed by atoms with Crippen LogP contribution in [0.5, 0.6) is 23.0 Å². The zero-order valence-electron chi connectivity index (χ0n) is 24.3. The van der Waals surface area contributed by atoms with Crippen LogP contribution in [0.4, 0.5) is 0 Å². The highest BCUT2D eigenvalue weighted by molar-refractivity contribution is 5.95. The maximum Gasteiger partial charge on any atom is 0.338 e. The van der Waals surface area contributed by atoms with Gasteiger partial charge in [-0.05, 0) is 87.6 Å². The minimum atomic E-state index is -0.684. The summed E-state index contributed by atoms with van der Waals surface area (Å²) in [7, 11) is 0. The summed E-state index contributed by atoms with van der Waals surface area (Å²) in [6.07, 6.45) is 0.553. The first-order valence-electron chi connectivity index (χ1n) is 12.7. The number of allylic oxidation sites excluding steroid dienone is 2. The van der Waals surface area contributed by atoms with Gasteiger partial charge in [-0.2, -0.15) is 0 Å². The molecular weight excluding hydrogens is 524 g/mol. The van der Waals surface area contributed by atoms with Crippen LogP contribution in [-0.2, 0) is 19.2 Å². The molecule has 0 atom stereocenters. The second kappa shape index (κ2) is 13.9. The number of carbonyl (C=O) groups excluding carboxylic acids is 4. The summed E-state index contributed by atoms with van der Waals surface area (Å²) < 4.78 is 21.7. The fourth-order valence-corrected chi connectivity index (χ4v) is 3.37. The Hall–Kier alpha value is -4.98. The third-order valence-electron chi connectivity index (χ3n) is 5.68. The zero-order chi connectivity index (χ0) is 31.0. The normalized spacial score (nSPS) is 11.0. The van der Waals surface area contributed by atoms with Crippen molar-refractivity contribution in [3.05, 3.63) is 96.1 Å². The van der Waals surface area contributed by atoms with Gasteiger partial charge in [-0.15, -0.1) is 0 Å². The van der Waals surface area contributed by atoms with Gasteiger partial charge < -0.3 is 18.9 Å². The standard InChI is InChI=1S/C33H34O8/c1-11-25(24-13-15-27(39-31(35)19(4)5)29(17-24)41-33(37)21(8)9)22(10)23-12-14-26(38-30(34)18(2)3)28(16-23)40-32(36)20(6)7/h12-17H,2,4,6,8,11H2,1,3,5,7,9-10H3. The topological polar surface area (TPSA) is 105 Å². The van der Waals surface area contributed by atoms with Gasteiger partial charge in [0.1, 0.15) is 0 Å². The molecule has 0 amide bonds. The monoisotopic (exact) mass is 558 g/mol. The molecule has 0 fully saturated rings. The van der Waals surface area contributed by atoms with Crippen LogP contribution in [0.1, 0.15) is 59.1 Å². The van der Waals surface area contributed by atoms with E-state index in [9.17, 15) is 19.2 Å². The molecule has 8 nitrogen and oxygen atoms in total. The molecule has 0 aromatic heterocycles. The van der Waals surface area contributed by atoms with E-state index < -0.39 is 23.9 Å². The molecule has 0 bridgehead atoms. The summed E-state index contributed by atoms with van der Waals surface area (Å²) in [6.45, 7) is 24.2. The van der Waals surface area contributed by atoms with Crippen molar-refractivity contribution >= 4 is 35.0 Å². The average molecular weight is 559 g/mol. The van der Waals surface area contributed by atoms with Gasteiger partial charge >= 0.3 is 23.9 Å². The predicted octanol–water partition coefficient (Wildman–Crippen LogP) is 6.95. The number of ether oxygens (including phenoxy) is 4. The quantitative estimate of drug-likeness (QED) is 0.126. The Balaban J connectivity index is 2.67. The number of carbonyl (C=O) groups is 4. The van der Waals surface area contributed by atoms with E-state index >= 15 is 0 Å². The Labute approximate surface area is 240 Å². The van der Waals surface area contributed by atoms with E-state index in [1.54, 1.807) is 24.3 Å². The highest BCUT2D eigenvalue weighted by atomic mass is 16.6. The molecule has 41 heavy (non-hydrogen) atoms. The zero-order valence-corrected chi connectivity index (χ0v) is 24.3. The molecule has 2 rings (SSSR count). The lowest BCUT2D eigenvalue weighted by molar-refractivity contribution is -0.132. The van der Waals surface area contributed by atoms with Crippen LogP contribution in [0, 0.1) is 0 Å². The Morgan fingerprint density at radius 1 is 0.537 bits per heavy atom. The van der Waals surface area contributed by atoms with Crippen molar-refractivity contribution in [3.63, 3.8) is 0 Å². The van der Waals surface area contributed by atoms with Crippen LogP contribution in [0.3, 0.4) is 0 Å². The minimum absolute atomic E-state index is 0.0260. The summed E-state index contributed by atoms with van der Waals surface area (Å²) in [5.74, 6) is -2.57. The van der Waals surface area contributed by atoms with E-state index in [2.05, 4.69) is 26.3 Å². The Kier molecular flexibility index (Phi) is 10.9. The molecule has 0 saturated heterocycles. The molecule has 2 aromatic carbocycles. The minimum Gasteiger partial charge on any atom is -0.419 e. The van der Waals surface area contributed by atoms with Crippen LogP contribution in [0.15, 0.2) is 85.0 Å². The van der Waals surface area contributed by atoms with E-state index in [1.165, 1.54) is 39.8 Å². The lowest BCUT2D eigenvalue weighted by atomic mass is 9.93. The predicted molar refractivity (Wildman–Crippen MR) is 157 cm³/mol.